The van der Waals surface area contributed by atoms with Crippen LogP contribution in [0.4, 0.5) is 11.5 Å². The van der Waals surface area contributed by atoms with Crippen molar-refractivity contribution < 1.29 is 0 Å². The molecule has 0 unspecified atom stereocenters. The highest BCUT2D eigenvalue weighted by atomic mass is 79.9. The average molecular weight is 343 g/mol. The van der Waals surface area contributed by atoms with Crippen LogP contribution in [0.1, 0.15) is 11.3 Å². The van der Waals surface area contributed by atoms with Gasteiger partial charge in [0.15, 0.2) is 0 Å². The molecule has 0 saturated heterocycles. The Bertz CT molecular complexity index is 801. The average Bonchev–Trinajstić information content (AvgIpc) is 2.45. The molecule has 1 aromatic carbocycles. The summed E-state index contributed by atoms with van der Waals surface area (Å²) in [5, 5.41) is 4.44. The van der Waals surface area contributed by atoms with Crippen LogP contribution in [-0.2, 0) is 6.54 Å². The van der Waals surface area contributed by atoms with Gasteiger partial charge in [0.25, 0.3) is 0 Å². The third-order valence-electron chi connectivity index (χ3n) is 3.24. The van der Waals surface area contributed by atoms with Crippen LogP contribution in [0.25, 0.3) is 10.9 Å². The van der Waals surface area contributed by atoms with Crippen molar-refractivity contribution in [3.8, 4) is 0 Å². The molecular weight excluding hydrogens is 328 g/mol. The highest BCUT2D eigenvalue weighted by molar-refractivity contribution is 9.10. The number of aromatic nitrogens is 2. The number of benzene rings is 1. The molecule has 3 aromatic rings. The maximum atomic E-state index is 5.76. The maximum absolute atomic E-state index is 5.76. The van der Waals surface area contributed by atoms with E-state index < -0.39 is 0 Å². The molecule has 0 amide bonds. The SMILES string of the molecule is Cc1cc2cc(Br)ccc2nc1NCc1cc(N)ccn1. The van der Waals surface area contributed by atoms with E-state index in [9.17, 15) is 0 Å². The maximum Gasteiger partial charge on any atom is 0.129 e. The number of hydrogen-bond acceptors (Lipinski definition) is 4. The number of pyridine rings is 2. The quantitative estimate of drug-likeness (QED) is 0.757. The molecule has 4 nitrogen and oxygen atoms in total. The van der Waals surface area contributed by atoms with Crippen molar-refractivity contribution in [2.24, 2.45) is 0 Å². The predicted molar refractivity (Wildman–Crippen MR) is 90.2 cm³/mol. The van der Waals surface area contributed by atoms with E-state index in [-0.39, 0.29) is 0 Å². The molecule has 2 heterocycles. The Morgan fingerprint density at radius 2 is 2.05 bits per heavy atom. The summed E-state index contributed by atoms with van der Waals surface area (Å²) in [4.78, 5) is 8.94. The van der Waals surface area contributed by atoms with Crippen molar-refractivity contribution in [1.82, 2.24) is 9.97 Å². The molecule has 0 spiro atoms. The van der Waals surface area contributed by atoms with Crippen LogP contribution < -0.4 is 11.1 Å². The molecule has 0 aliphatic carbocycles. The molecule has 0 radical (unpaired) electrons. The zero-order valence-electron chi connectivity index (χ0n) is 11.6. The van der Waals surface area contributed by atoms with Crippen LogP contribution in [0, 0.1) is 6.92 Å². The van der Waals surface area contributed by atoms with Crippen LogP contribution >= 0.6 is 15.9 Å². The topological polar surface area (TPSA) is 63.8 Å². The van der Waals surface area contributed by atoms with Gasteiger partial charge in [-0.1, -0.05) is 15.9 Å². The molecular formula is C16H15BrN4. The molecule has 5 heteroatoms. The number of anilines is 2. The normalized spacial score (nSPS) is 10.8. The first-order valence-corrected chi connectivity index (χ1v) is 7.42. The Hall–Kier alpha value is -2.14. The molecule has 0 fully saturated rings. The van der Waals surface area contributed by atoms with E-state index in [4.69, 9.17) is 5.73 Å². The second kappa shape index (κ2) is 5.69. The first-order chi connectivity index (χ1) is 10.1. The fourth-order valence-corrected chi connectivity index (χ4v) is 2.58. The first kappa shape index (κ1) is 13.8. The summed E-state index contributed by atoms with van der Waals surface area (Å²) in [6, 6.07) is 11.8. The summed E-state index contributed by atoms with van der Waals surface area (Å²) >= 11 is 3.48. The van der Waals surface area contributed by atoms with Crippen LogP contribution in [-0.4, -0.2) is 9.97 Å². The van der Waals surface area contributed by atoms with Gasteiger partial charge in [-0.3, -0.25) is 4.98 Å². The van der Waals surface area contributed by atoms with Gasteiger partial charge in [-0.05, 0) is 48.9 Å². The Labute approximate surface area is 131 Å². The molecule has 106 valence electrons. The smallest absolute Gasteiger partial charge is 0.129 e. The Morgan fingerprint density at radius 1 is 1.19 bits per heavy atom. The molecule has 3 rings (SSSR count). The number of hydrogen-bond donors (Lipinski definition) is 2. The summed E-state index contributed by atoms with van der Waals surface area (Å²) in [6.07, 6.45) is 1.71. The summed E-state index contributed by atoms with van der Waals surface area (Å²) in [6.45, 7) is 2.64. The fraction of sp³-hybridized carbons (Fsp3) is 0.125. The number of nitrogen functional groups attached to an aromatic ring is 1. The van der Waals surface area contributed by atoms with Crippen molar-refractivity contribution in [2.75, 3.05) is 11.1 Å². The third-order valence-corrected chi connectivity index (χ3v) is 3.74. The van der Waals surface area contributed by atoms with E-state index in [2.05, 4.69) is 43.3 Å². The summed E-state index contributed by atoms with van der Waals surface area (Å²) in [7, 11) is 0. The van der Waals surface area contributed by atoms with E-state index in [0.717, 1.165) is 38.1 Å². The molecule has 21 heavy (non-hydrogen) atoms. The number of nitrogens with zero attached hydrogens (tertiary/aromatic N) is 2. The van der Waals surface area contributed by atoms with Crippen LogP contribution in [0.3, 0.4) is 0 Å². The second-order valence-corrected chi connectivity index (χ2v) is 5.84. The van der Waals surface area contributed by atoms with Gasteiger partial charge in [-0.25, -0.2) is 4.98 Å². The fourth-order valence-electron chi connectivity index (χ4n) is 2.20. The van der Waals surface area contributed by atoms with Crippen molar-refractivity contribution in [1.29, 1.82) is 0 Å². The molecule has 0 atom stereocenters. The highest BCUT2D eigenvalue weighted by Gasteiger charge is 2.04. The van der Waals surface area contributed by atoms with Crippen molar-refractivity contribution >= 4 is 38.3 Å². The lowest BCUT2D eigenvalue weighted by Gasteiger charge is -2.10. The van der Waals surface area contributed by atoms with Crippen molar-refractivity contribution in [2.45, 2.75) is 13.5 Å². The monoisotopic (exact) mass is 342 g/mol. The van der Waals surface area contributed by atoms with E-state index in [1.165, 1.54) is 0 Å². The molecule has 0 aliphatic rings. The van der Waals surface area contributed by atoms with Gasteiger partial charge in [-0.2, -0.15) is 0 Å². The van der Waals surface area contributed by atoms with Crippen molar-refractivity contribution in [3.05, 3.63) is 58.3 Å². The van der Waals surface area contributed by atoms with Gasteiger partial charge in [0, 0.05) is 21.7 Å². The number of nitrogens with two attached hydrogens (primary N) is 1. The Kier molecular flexibility index (Phi) is 3.75. The Morgan fingerprint density at radius 3 is 2.86 bits per heavy atom. The number of aryl methyl sites for hydroxylation is 1. The molecule has 0 bridgehead atoms. The van der Waals surface area contributed by atoms with Gasteiger partial charge >= 0.3 is 0 Å². The zero-order chi connectivity index (χ0) is 14.8. The van der Waals surface area contributed by atoms with Gasteiger partial charge in [0.2, 0.25) is 0 Å². The van der Waals surface area contributed by atoms with Crippen molar-refractivity contribution in [3.63, 3.8) is 0 Å². The van der Waals surface area contributed by atoms with E-state index in [0.29, 0.717) is 6.54 Å². The van der Waals surface area contributed by atoms with E-state index in [1.807, 2.05) is 25.1 Å². The van der Waals surface area contributed by atoms with Gasteiger partial charge in [0.05, 0.1) is 17.8 Å². The Balaban J connectivity index is 1.87. The summed E-state index contributed by atoms with van der Waals surface area (Å²) in [5.74, 6) is 0.869. The minimum atomic E-state index is 0.598. The minimum Gasteiger partial charge on any atom is -0.399 e. The van der Waals surface area contributed by atoms with E-state index in [1.54, 1.807) is 12.3 Å². The molecule has 2 aromatic heterocycles. The zero-order valence-corrected chi connectivity index (χ0v) is 13.2. The number of fused-ring (bicyclic) bond motifs is 1. The van der Waals surface area contributed by atoms with Crippen LogP contribution in [0.5, 0.6) is 0 Å². The first-order valence-electron chi connectivity index (χ1n) is 6.63. The lowest BCUT2D eigenvalue weighted by Crippen LogP contribution is -2.05. The van der Waals surface area contributed by atoms with Gasteiger partial charge in [0.1, 0.15) is 5.82 Å². The number of rotatable bonds is 3. The minimum absolute atomic E-state index is 0.598. The number of halogens is 1. The highest BCUT2D eigenvalue weighted by Crippen LogP contribution is 2.23. The molecule has 0 aliphatic heterocycles. The van der Waals surface area contributed by atoms with Crippen LogP contribution in [0.2, 0.25) is 0 Å². The lowest BCUT2D eigenvalue weighted by molar-refractivity contribution is 1.03. The molecule has 3 N–H and O–H groups in total. The van der Waals surface area contributed by atoms with Gasteiger partial charge in [-0.15, -0.1) is 0 Å². The summed E-state index contributed by atoms with van der Waals surface area (Å²) < 4.78 is 1.06. The van der Waals surface area contributed by atoms with E-state index >= 15 is 0 Å². The molecule has 0 saturated carbocycles. The lowest BCUT2D eigenvalue weighted by atomic mass is 10.1. The summed E-state index contributed by atoms with van der Waals surface area (Å²) in [5.41, 5.74) is 9.44. The predicted octanol–water partition coefficient (Wildman–Crippen LogP) is 3.90. The second-order valence-electron chi connectivity index (χ2n) is 4.92. The van der Waals surface area contributed by atoms with Crippen LogP contribution in [0.15, 0.2) is 47.1 Å². The van der Waals surface area contributed by atoms with Gasteiger partial charge < -0.3 is 11.1 Å². The number of nitrogens with one attached hydrogen (secondary N) is 1. The largest absolute Gasteiger partial charge is 0.399 e. The third kappa shape index (κ3) is 3.13. The standard InChI is InChI=1S/C16H15BrN4/c1-10-6-11-7-12(17)2-3-15(11)21-16(10)20-9-14-8-13(18)4-5-19-14/h2-8H,9H2,1H3,(H2,18,19)(H,20,21).